The van der Waals surface area contributed by atoms with Crippen LogP contribution in [0.5, 0.6) is 0 Å². The second-order valence-electron chi connectivity index (χ2n) is 7.05. The number of amides is 1. The summed E-state index contributed by atoms with van der Waals surface area (Å²) in [6.07, 6.45) is 2.42. The van der Waals surface area contributed by atoms with Crippen molar-refractivity contribution in [3.63, 3.8) is 0 Å². The summed E-state index contributed by atoms with van der Waals surface area (Å²) in [4.78, 5) is 22.6. The highest BCUT2D eigenvalue weighted by Crippen LogP contribution is 2.34. The zero-order valence-electron chi connectivity index (χ0n) is 16.0. The summed E-state index contributed by atoms with van der Waals surface area (Å²) in [6.45, 7) is 0.112. The Morgan fingerprint density at radius 3 is 2.70 bits per heavy atom. The van der Waals surface area contributed by atoms with Gasteiger partial charge in [-0.25, -0.2) is 18.4 Å². The van der Waals surface area contributed by atoms with E-state index in [1.807, 2.05) is 12.1 Å². The van der Waals surface area contributed by atoms with Gasteiger partial charge in [0.15, 0.2) is 0 Å². The van der Waals surface area contributed by atoms with Gasteiger partial charge in [-0.2, -0.15) is 0 Å². The van der Waals surface area contributed by atoms with Crippen molar-refractivity contribution in [1.82, 2.24) is 14.9 Å². The molecule has 9 heteroatoms. The quantitative estimate of drug-likeness (QED) is 0.608. The van der Waals surface area contributed by atoms with Crippen LogP contribution in [0.4, 0.5) is 0 Å². The number of rotatable bonds is 5. The molecule has 1 N–H and O–H groups in total. The van der Waals surface area contributed by atoms with Crippen molar-refractivity contribution in [3.05, 3.63) is 76.4 Å². The number of aliphatic hydroxyl groups is 1. The smallest absolute Gasteiger partial charge is 0.255 e. The van der Waals surface area contributed by atoms with Crippen LogP contribution in [-0.2, 0) is 16.4 Å². The molecule has 0 radical (unpaired) electrons. The topological polar surface area (TPSA) is 100 Å². The third-order valence-electron chi connectivity index (χ3n) is 4.99. The summed E-state index contributed by atoms with van der Waals surface area (Å²) >= 11 is 6.07. The summed E-state index contributed by atoms with van der Waals surface area (Å²) in [7, 11) is -3.55. The van der Waals surface area contributed by atoms with Crippen LogP contribution >= 0.6 is 11.6 Å². The van der Waals surface area contributed by atoms with Crippen molar-refractivity contribution in [2.75, 3.05) is 12.9 Å². The van der Waals surface area contributed by atoms with Gasteiger partial charge < -0.3 is 10.0 Å². The van der Waals surface area contributed by atoms with Crippen LogP contribution in [0.25, 0.3) is 11.3 Å². The van der Waals surface area contributed by atoms with Crippen LogP contribution < -0.4 is 0 Å². The molecule has 154 valence electrons. The standard InChI is InChI=1S/C21H18ClN3O4S/c1-30(28,29)21-23-8-7-18(24-21)13-5-6-15-11-25(20(27)17(15)10-13)19(12-26)14-3-2-4-16(22)9-14/h2-10,19,26H,11-12H2,1H3. The highest BCUT2D eigenvalue weighted by Gasteiger charge is 2.33. The minimum Gasteiger partial charge on any atom is -0.394 e. The van der Waals surface area contributed by atoms with Crippen molar-refractivity contribution in [2.24, 2.45) is 0 Å². The number of benzene rings is 2. The van der Waals surface area contributed by atoms with Crippen LogP contribution in [0, 0.1) is 0 Å². The van der Waals surface area contributed by atoms with E-state index in [-0.39, 0.29) is 17.7 Å². The molecule has 2 aromatic carbocycles. The molecule has 0 bridgehead atoms. The van der Waals surface area contributed by atoms with E-state index < -0.39 is 15.9 Å². The zero-order valence-corrected chi connectivity index (χ0v) is 17.6. The fourth-order valence-corrected chi connectivity index (χ4v) is 4.23. The molecule has 30 heavy (non-hydrogen) atoms. The number of nitrogens with zero attached hydrogens (tertiary/aromatic N) is 3. The molecule has 1 amide bonds. The van der Waals surface area contributed by atoms with E-state index in [4.69, 9.17) is 11.6 Å². The van der Waals surface area contributed by atoms with Crippen LogP contribution in [-0.4, -0.2) is 47.2 Å². The van der Waals surface area contributed by atoms with Gasteiger partial charge in [0.05, 0.1) is 18.3 Å². The average Bonchev–Trinajstić information content (AvgIpc) is 3.04. The third-order valence-corrected chi connectivity index (χ3v) is 6.08. The second kappa shape index (κ2) is 7.79. The van der Waals surface area contributed by atoms with E-state index in [9.17, 15) is 18.3 Å². The number of fused-ring (bicyclic) bond motifs is 1. The van der Waals surface area contributed by atoms with Crippen molar-refractivity contribution < 1.29 is 18.3 Å². The van der Waals surface area contributed by atoms with Crippen molar-refractivity contribution in [2.45, 2.75) is 17.7 Å². The van der Waals surface area contributed by atoms with Gasteiger partial charge in [-0.3, -0.25) is 4.79 Å². The number of halogens is 1. The molecule has 2 heterocycles. The van der Waals surface area contributed by atoms with Crippen LogP contribution in [0.1, 0.15) is 27.5 Å². The Balaban J connectivity index is 1.68. The number of aromatic nitrogens is 2. The second-order valence-corrected chi connectivity index (χ2v) is 9.40. The van der Waals surface area contributed by atoms with Gasteiger partial charge in [0, 0.05) is 35.1 Å². The van der Waals surface area contributed by atoms with E-state index in [1.54, 1.807) is 41.3 Å². The minimum atomic E-state index is -3.55. The molecule has 1 aromatic heterocycles. The summed E-state index contributed by atoms with van der Waals surface area (Å²) in [5.41, 5.74) is 3.08. The first-order valence-corrected chi connectivity index (χ1v) is 11.4. The van der Waals surface area contributed by atoms with E-state index in [0.29, 0.717) is 28.4 Å². The number of carbonyl (C=O) groups is 1. The van der Waals surface area contributed by atoms with Gasteiger partial charge in [-0.1, -0.05) is 35.9 Å². The van der Waals surface area contributed by atoms with Gasteiger partial charge in [-0.15, -0.1) is 0 Å². The van der Waals surface area contributed by atoms with E-state index in [0.717, 1.165) is 17.4 Å². The summed E-state index contributed by atoms with van der Waals surface area (Å²) in [5.74, 6) is -0.219. The Bertz CT molecular complexity index is 1250. The van der Waals surface area contributed by atoms with Crippen LogP contribution in [0.3, 0.4) is 0 Å². The third kappa shape index (κ3) is 3.81. The molecule has 0 spiro atoms. The molecule has 3 aromatic rings. The maximum Gasteiger partial charge on any atom is 0.255 e. The number of carbonyl (C=O) groups excluding carboxylic acids is 1. The van der Waals surface area contributed by atoms with Crippen molar-refractivity contribution in [1.29, 1.82) is 0 Å². The van der Waals surface area contributed by atoms with Crippen molar-refractivity contribution in [3.8, 4) is 11.3 Å². The molecular formula is C21H18ClN3O4S. The largest absolute Gasteiger partial charge is 0.394 e. The molecule has 0 saturated heterocycles. The van der Waals surface area contributed by atoms with Gasteiger partial charge in [-0.05, 0) is 35.4 Å². The molecular weight excluding hydrogens is 426 g/mol. The maximum atomic E-state index is 13.1. The number of hydrogen-bond acceptors (Lipinski definition) is 6. The molecule has 0 fully saturated rings. The Hall–Kier alpha value is -2.81. The molecule has 0 saturated carbocycles. The van der Waals surface area contributed by atoms with Crippen LogP contribution in [0.2, 0.25) is 5.02 Å². The monoisotopic (exact) mass is 443 g/mol. The lowest BCUT2D eigenvalue weighted by Gasteiger charge is -2.26. The highest BCUT2D eigenvalue weighted by molar-refractivity contribution is 7.90. The first-order valence-electron chi connectivity index (χ1n) is 9.11. The predicted octanol–water partition coefficient (Wildman–Crippen LogP) is 2.89. The summed E-state index contributed by atoms with van der Waals surface area (Å²) in [5, 5.41) is 10.2. The minimum absolute atomic E-state index is 0.219. The molecule has 0 aliphatic carbocycles. The Morgan fingerprint density at radius 2 is 2.00 bits per heavy atom. The van der Waals surface area contributed by atoms with Crippen molar-refractivity contribution >= 4 is 27.3 Å². The first kappa shape index (κ1) is 20.5. The van der Waals surface area contributed by atoms with Gasteiger partial charge in [0.2, 0.25) is 15.0 Å². The SMILES string of the molecule is CS(=O)(=O)c1nccc(-c2ccc3c(c2)C(=O)N(C(CO)c2cccc(Cl)c2)C3)n1. The molecule has 1 atom stereocenters. The van der Waals surface area contributed by atoms with E-state index in [1.165, 1.54) is 6.20 Å². The Morgan fingerprint density at radius 1 is 1.20 bits per heavy atom. The van der Waals surface area contributed by atoms with E-state index in [2.05, 4.69) is 9.97 Å². The lowest BCUT2D eigenvalue weighted by molar-refractivity contribution is 0.0615. The summed E-state index contributed by atoms with van der Waals surface area (Å²) in [6, 6.07) is 13.4. The average molecular weight is 444 g/mol. The molecule has 7 nitrogen and oxygen atoms in total. The number of hydrogen-bond donors (Lipinski definition) is 1. The number of sulfone groups is 1. The molecule has 1 aliphatic heterocycles. The summed E-state index contributed by atoms with van der Waals surface area (Å²) < 4.78 is 23.5. The van der Waals surface area contributed by atoms with E-state index >= 15 is 0 Å². The Kier molecular flexibility index (Phi) is 5.31. The van der Waals surface area contributed by atoms with Gasteiger partial charge in [0.25, 0.3) is 5.91 Å². The molecule has 4 rings (SSSR count). The lowest BCUT2D eigenvalue weighted by atomic mass is 10.0. The fraction of sp³-hybridized carbons (Fsp3) is 0.190. The fourth-order valence-electron chi connectivity index (χ4n) is 3.51. The van der Waals surface area contributed by atoms with Gasteiger partial charge in [0.1, 0.15) is 0 Å². The highest BCUT2D eigenvalue weighted by atomic mass is 35.5. The number of aliphatic hydroxyl groups excluding tert-OH is 1. The maximum absolute atomic E-state index is 13.1. The molecule has 1 aliphatic rings. The lowest BCUT2D eigenvalue weighted by Crippen LogP contribution is -2.31. The van der Waals surface area contributed by atoms with Crippen LogP contribution in [0.15, 0.2) is 59.9 Å². The zero-order chi connectivity index (χ0) is 21.5. The molecule has 1 unspecified atom stereocenters. The predicted molar refractivity (Wildman–Crippen MR) is 112 cm³/mol. The normalized spacial score (nSPS) is 14.6. The first-order chi connectivity index (χ1) is 14.3. The van der Waals surface area contributed by atoms with Gasteiger partial charge >= 0.3 is 0 Å². The Labute approximate surface area is 178 Å².